The molecule has 4 aliphatic rings. The van der Waals surface area contributed by atoms with Crippen LogP contribution in [0.1, 0.15) is 81.6 Å². The maximum atomic E-state index is 14.1. The Labute approximate surface area is 281 Å². The van der Waals surface area contributed by atoms with E-state index in [9.17, 15) is 39.6 Å². The van der Waals surface area contributed by atoms with Crippen molar-refractivity contribution in [2.75, 3.05) is 14.1 Å². The minimum Gasteiger partial charge on any atom is -0.510 e. The van der Waals surface area contributed by atoms with Gasteiger partial charge in [-0.15, -0.1) is 0 Å². The molecular formula is C37H48N2O9. The highest BCUT2D eigenvalue weighted by atomic mass is 16.5. The molecule has 0 bridgehead atoms. The van der Waals surface area contributed by atoms with E-state index in [1.54, 1.807) is 19.1 Å². The largest absolute Gasteiger partial charge is 0.510 e. The molecular weight excluding hydrogens is 616 g/mol. The van der Waals surface area contributed by atoms with Gasteiger partial charge in [-0.1, -0.05) is 45.1 Å². The van der Waals surface area contributed by atoms with Gasteiger partial charge in [0.05, 0.1) is 23.9 Å². The predicted molar refractivity (Wildman–Crippen MR) is 177 cm³/mol. The van der Waals surface area contributed by atoms with Gasteiger partial charge in [0.2, 0.25) is 5.78 Å². The first-order chi connectivity index (χ1) is 22.5. The molecule has 0 radical (unpaired) electrons. The number of benzene rings is 1. The summed E-state index contributed by atoms with van der Waals surface area (Å²) in [6.07, 6.45) is 6.49. The topological polar surface area (TPSA) is 188 Å². The van der Waals surface area contributed by atoms with Crippen LogP contribution in [0.3, 0.4) is 0 Å². The van der Waals surface area contributed by atoms with Crippen molar-refractivity contribution in [2.24, 2.45) is 41.2 Å². The number of aliphatic hydroxyl groups excluding tert-OH is 2. The number of aromatic hydroxyl groups is 1. The molecule has 1 saturated carbocycles. The van der Waals surface area contributed by atoms with Crippen LogP contribution >= 0.6 is 0 Å². The van der Waals surface area contributed by atoms with Crippen LogP contribution in [0.5, 0.6) is 5.75 Å². The number of Topliss-reactive ketones (excluding diaryl/α,β-unsaturated/α-hetero) is 2. The molecule has 4 aliphatic carbocycles. The summed E-state index contributed by atoms with van der Waals surface area (Å²) in [7, 11) is 3.06. The van der Waals surface area contributed by atoms with E-state index in [-0.39, 0.29) is 23.7 Å². The number of fused-ring (bicyclic) bond motifs is 3. The molecule has 1 fully saturated rings. The molecule has 3 unspecified atom stereocenters. The highest BCUT2D eigenvalue weighted by Crippen LogP contribution is 2.56. The number of esters is 1. The number of hydrogen-bond donors (Lipinski definition) is 5. The molecule has 11 nitrogen and oxygen atoms in total. The Bertz CT molecular complexity index is 1600. The second kappa shape index (κ2) is 13.2. The number of hydrogen-bond acceptors (Lipinski definition) is 10. The minimum absolute atomic E-state index is 0.0162. The first-order valence-electron chi connectivity index (χ1n) is 16.8. The normalized spacial score (nSPS) is 34.2. The Morgan fingerprint density at radius 1 is 1.08 bits per heavy atom. The van der Waals surface area contributed by atoms with Crippen molar-refractivity contribution in [2.45, 2.75) is 83.5 Å². The Kier molecular flexibility index (Phi) is 9.69. The second-order valence-corrected chi connectivity index (χ2v) is 14.8. The standard InChI is InChI=1S/C37H48N2O9/c1-7-9-20(15-21-13-17(2)12-18(3)14-21)16-24(41)48-33-25-19(4)22-10-8-11-23(40)26(22)31(42)27(25)34(44)37(47)29(33)30(39(5)6)32(43)28(35(37)45)36(38)46/h7-11,17-21,25,29-30,33,40,43-44,47H,12-16H2,1-6H3,(H2,38,46)/b9-7-/t17?,18?,19-,20?,21?,25-,29-,30+,33-,37+/m0/s1. The number of carbonyl (C=O) groups excluding carboxylic acids is 4. The van der Waals surface area contributed by atoms with E-state index < -0.39 is 81.6 Å². The number of carbonyl (C=O) groups is 4. The average molecular weight is 665 g/mol. The van der Waals surface area contributed by atoms with Crippen molar-refractivity contribution in [3.8, 4) is 5.75 Å². The lowest BCUT2D eigenvalue weighted by atomic mass is 9.55. The number of nitrogens with zero attached hydrogens (tertiary/aromatic N) is 1. The molecule has 0 aromatic heterocycles. The lowest BCUT2D eigenvalue weighted by molar-refractivity contribution is -0.181. The van der Waals surface area contributed by atoms with E-state index in [0.717, 1.165) is 19.3 Å². The van der Waals surface area contributed by atoms with E-state index in [2.05, 4.69) is 13.8 Å². The van der Waals surface area contributed by atoms with Gasteiger partial charge in [0.15, 0.2) is 11.4 Å². The zero-order valence-electron chi connectivity index (χ0n) is 28.5. The third kappa shape index (κ3) is 5.74. The van der Waals surface area contributed by atoms with Crippen LogP contribution in [-0.2, 0) is 19.1 Å². The fourth-order valence-electron chi connectivity index (χ4n) is 9.35. The summed E-state index contributed by atoms with van der Waals surface area (Å²) in [5.74, 6) is -8.21. The summed E-state index contributed by atoms with van der Waals surface area (Å²) in [6, 6.07) is 3.20. The third-order valence-electron chi connectivity index (χ3n) is 11.0. The summed E-state index contributed by atoms with van der Waals surface area (Å²) < 4.78 is 6.27. The summed E-state index contributed by atoms with van der Waals surface area (Å²) in [5.41, 5.74) is 1.51. The first-order valence-corrected chi connectivity index (χ1v) is 16.8. The highest BCUT2D eigenvalue weighted by molar-refractivity contribution is 6.25. The number of allylic oxidation sites excluding steroid dienone is 2. The van der Waals surface area contributed by atoms with Gasteiger partial charge in [0.25, 0.3) is 5.91 Å². The number of primary amides is 1. The van der Waals surface area contributed by atoms with Gasteiger partial charge in [-0.3, -0.25) is 24.1 Å². The number of nitrogens with two attached hydrogens (primary N) is 1. The number of phenolic OH excluding ortho intramolecular Hbond substituents is 1. The summed E-state index contributed by atoms with van der Waals surface area (Å²) in [4.78, 5) is 56.0. The van der Waals surface area contributed by atoms with Gasteiger partial charge in [0.1, 0.15) is 28.9 Å². The lowest BCUT2D eigenvalue weighted by Crippen LogP contribution is -2.69. The predicted octanol–water partition coefficient (Wildman–Crippen LogP) is 4.25. The molecule has 260 valence electrons. The molecule has 5 rings (SSSR count). The van der Waals surface area contributed by atoms with E-state index >= 15 is 0 Å². The number of ether oxygens (including phenoxy) is 1. The fraction of sp³-hybridized carbons (Fsp3) is 0.568. The van der Waals surface area contributed by atoms with Crippen molar-refractivity contribution in [3.05, 3.63) is 64.1 Å². The lowest BCUT2D eigenvalue weighted by Gasteiger charge is -2.54. The molecule has 6 N–H and O–H groups in total. The number of phenols is 1. The highest BCUT2D eigenvalue weighted by Gasteiger charge is 2.68. The van der Waals surface area contributed by atoms with Gasteiger partial charge in [-0.25, -0.2) is 0 Å². The number of amides is 1. The quantitative estimate of drug-likeness (QED) is 0.153. The van der Waals surface area contributed by atoms with Crippen molar-refractivity contribution in [1.29, 1.82) is 0 Å². The van der Waals surface area contributed by atoms with Crippen molar-refractivity contribution in [1.82, 2.24) is 4.90 Å². The maximum Gasteiger partial charge on any atom is 0.306 e. The van der Waals surface area contributed by atoms with Crippen LogP contribution in [0.4, 0.5) is 0 Å². The number of aliphatic hydroxyl groups is 3. The maximum absolute atomic E-state index is 14.1. The van der Waals surface area contributed by atoms with Gasteiger partial charge >= 0.3 is 5.97 Å². The van der Waals surface area contributed by atoms with Crippen LogP contribution in [0.15, 0.2) is 53.0 Å². The molecule has 1 amide bonds. The average Bonchev–Trinajstić information content (AvgIpc) is 2.98. The van der Waals surface area contributed by atoms with Crippen LogP contribution in [-0.4, -0.2) is 80.6 Å². The van der Waals surface area contributed by atoms with Crippen LogP contribution < -0.4 is 5.73 Å². The molecule has 11 heteroatoms. The number of ketones is 2. The summed E-state index contributed by atoms with van der Waals surface area (Å²) >= 11 is 0. The van der Waals surface area contributed by atoms with Crippen molar-refractivity contribution < 1.29 is 44.3 Å². The second-order valence-electron chi connectivity index (χ2n) is 14.8. The Hall–Kier alpha value is -3.96. The van der Waals surface area contributed by atoms with Gasteiger partial charge < -0.3 is 30.9 Å². The summed E-state index contributed by atoms with van der Waals surface area (Å²) in [5, 5.41) is 46.1. The van der Waals surface area contributed by atoms with E-state index in [4.69, 9.17) is 10.5 Å². The van der Waals surface area contributed by atoms with Crippen LogP contribution in [0.2, 0.25) is 0 Å². The molecule has 0 heterocycles. The Morgan fingerprint density at radius 3 is 2.31 bits per heavy atom. The van der Waals surface area contributed by atoms with Crippen molar-refractivity contribution in [3.63, 3.8) is 0 Å². The van der Waals surface area contributed by atoms with Crippen molar-refractivity contribution >= 4 is 23.4 Å². The van der Waals surface area contributed by atoms with E-state index in [1.807, 2.05) is 19.1 Å². The van der Waals surface area contributed by atoms with Gasteiger partial charge in [0, 0.05) is 11.5 Å². The number of rotatable bonds is 8. The minimum atomic E-state index is -2.98. The fourth-order valence-corrected chi connectivity index (χ4v) is 9.35. The zero-order chi connectivity index (χ0) is 35.4. The molecule has 0 aliphatic heterocycles. The molecule has 48 heavy (non-hydrogen) atoms. The SMILES string of the molecule is C/C=C\C(CC(=O)O[C@H]1[C@@H]2C(=C(O)[C@@]3(O)C(=O)C(C(N)=O)=C(O)[C@H](N(C)C)[C@@H]13)C(=O)c1c(O)cccc1[C@@H]2C)CC1CC(C)CC(C)C1. The molecule has 1 aromatic rings. The molecule has 0 saturated heterocycles. The third-order valence-corrected chi connectivity index (χ3v) is 11.0. The summed E-state index contributed by atoms with van der Waals surface area (Å²) in [6.45, 7) is 8.12. The number of likely N-dealkylation sites (N-methyl/N-ethyl adjacent to an activating group) is 1. The molecule has 9 atom stereocenters. The van der Waals surface area contributed by atoms with Gasteiger partial charge in [-0.2, -0.15) is 0 Å². The smallest absolute Gasteiger partial charge is 0.306 e. The van der Waals surface area contributed by atoms with E-state index in [1.165, 1.54) is 31.5 Å². The Morgan fingerprint density at radius 2 is 1.73 bits per heavy atom. The zero-order valence-corrected chi connectivity index (χ0v) is 28.5. The van der Waals surface area contributed by atoms with Crippen LogP contribution in [0, 0.1) is 35.5 Å². The van der Waals surface area contributed by atoms with Crippen LogP contribution in [0.25, 0.3) is 0 Å². The first kappa shape index (κ1) is 35.3. The van der Waals surface area contributed by atoms with Gasteiger partial charge in [-0.05, 0) is 87.9 Å². The van der Waals surface area contributed by atoms with E-state index in [0.29, 0.717) is 23.3 Å². The molecule has 1 aromatic carbocycles. The Balaban J connectivity index is 1.63. The molecule has 0 spiro atoms. The monoisotopic (exact) mass is 664 g/mol.